The van der Waals surface area contributed by atoms with Crippen LogP contribution in [0.2, 0.25) is 5.15 Å². The second-order valence-electron chi connectivity index (χ2n) is 4.85. The lowest BCUT2D eigenvalue weighted by Gasteiger charge is -2.08. The third kappa shape index (κ3) is 3.10. The van der Waals surface area contributed by atoms with Crippen LogP contribution in [0, 0.1) is 6.92 Å². The van der Waals surface area contributed by atoms with E-state index in [0.717, 1.165) is 22.2 Å². The van der Waals surface area contributed by atoms with Crippen LogP contribution in [-0.4, -0.2) is 9.97 Å². The molecule has 0 amide bonds. The van der Waals surface area contributed by atoms with E-state index in [1.807, 2.05) is 13.0 Å². The van der Waals surface area contributed by atoms with Crippen molar-refractivity contribution in [2.75, 3.05) is 0 Å². The molecule has 1 saturated carbocycles. The molecule has 1 aliphatic carbocycles. The fourth-order valence-corrected chi connectivity index (χ4v) is 3.08. The smallest absolute Gasteiger partial charge is 0.136 e. The maximum atomic E-state index is 6.21. The van der Waals surface area contributed by atoms with Crippen LogP contribution in [-0.2, 0) is 5.75 Å². The normalized spacial score (nSPS) is 14.6. The van der Waals surface area contributed by atoms with Crippen LogP contribution in [0.5, 0.6) is 0 Å². The maximum Gasteiger partial charge on any atom is 0.136 e. The van der Waals surface area contributed by atoms with Crippen LogP contribution >= 0.6 is 23.4 Å². The van der Waals surface area contributed by atoms with E-state index in [4.69, 9.17) is 11.6 Å². The maximum absolute atomic E-state index is 6.21. The number of thioether (sulfide) groups is 1. The van der Waals surface area contributed by atoms with Crippen molar-refractivity contribution in [3.8, 4) is 0 Å². The van der Waals surface area contributed by atoms with Crippen LogP contribution in [0.25, 0.3) is 0 Å². The molecule has 0 aliphatic heterocycles. The molecular weight excluding hydrogens is 276 g/mol. The summed E-state index contributed by atoms with van der Waals surface area (Å²) in [4.78, 5) is 9.07. The summed E-state index contributed by atoms with van der Waals surface area (Å²) in [5.74, 6) is 2.37. The molecule has 1 fully saturated rings. The highest BCUT2D eigenvalue weighted by atomic mass is 35.5. The average Bonchev–Trinajstić information content (AvgIpc) is 3.26. The van der Waals surface area contributed by atoms with Crippen molar-refractivity contribution in [1.29, 1.82) is 0 Å². The number of rotatable bonds is 4. The molecule has 98 valence electrons. The van der Waals surface area contributed by atoms with Crippen molar-refractivity contribution in [2.24, 2.45) is 0 Å². The van der Waals surface area contributed by atoms with Gasteiger partial charge in [-0.3, -0.25) is 0 Å². The van der Waals surface area contributed by atoms with Crippen LogP contribution in [0.3, 0.4) is 0 Å². The summed E-state index contributed by atoms with van der Waals surface area (Å²) in [5, 5.41) is 1.62. The summed E-state index contributed by atoms with van der Waals surface area (Å²) in [6, 6.07) is 10.4. The van der Waals surface area contributed by atoms with Gasteiger partial charge in [-0.05, 0) is 25.3 Å². The molecule has 1 aromatic carbocycles. The van der Waals surface area contributed by atoms with Crippen LogP contribution in [0.15, 0.2) is 35.4 Å². The van der Waals surface area contributed by atoms with Gasteiger partial charge in [-0.1, -0.05) is 41.9 Å². The summed E-state index contributed by atoms with van der Waals surface area (Å²) in [6.45, 7) is 1.99. The lowest BCUT2D eigenvalue weighted by molar-refractivity contribution is 0.862. The van der Waals surface area contributed by atoms with Gasteiger partial charge in [0, 0.05) is 17.2 Å². The van der Waals surface area contributed by atoms with Gasteiger partial charge in [-0.25, -0.2) is 9.97 Å². The predicted octanol–water partition coefficient (Wildman–Crippen LogP) is 4.61. The second kappa shape index (κ2) is 5.51. The van der Waals surface area contributed by atoms with Gasteiger partial charge >= 0.3 is 0 Å². The minimum atomic E-state index is 0.536. The zero-order valence-electron chi connectivity index (χ0n) is 10.8. The predicted molar refractivity (Wildman–Crippen MR) is 79.8 cm³/mol. The van der Waals surface area contributed by atoms with Gasteiger partial charge in [0.25, 0.3) is 0 Å². The van der Waals surface area contributed by atoms with E-state index < -0.39 is 0 Å². The van der Waals surface area contributed by atoms with Crippen molar-refractivity contribution in [3.05, 3.63) is 52.4 Å². The first-order valence-corrected chi connectivity index (χ1v) is 7.81. The molecule has 3 rings (SSSR count). The number of hydrogen-bond donors (Lipinski definition) is 0. The van der Waals surface area contributed by atoms with Crippen molar-refractivity contribution in [1.82, 2.24) is 9.97 Å². The molecule has 0 unspecified atom stereocenters. The molecule has 0 radical (unpaired) electrons. The lowest BCUT2D eigenvalue weighted by atomic mass is 10.2. The van der Waals surface area contributed by atoms with Gasteiger partial charge in [0.15, 0.2) is 0 Å². The van der Waals surface area contributed by atoms with Gasteiger partial charge < -0.3 is 0 Å². The van der Waals surface area contributed by atoms with E-state index in [-0.39, 0.29) is 0 Å². The molecule has 0 saturated heterocycles. The third-order valence-electron chi connectivity index (χ3n) is 3.22. The van der Waals surface area contributed by atoms with Crippen LogP contribution < -0.4 is 0 Å². The molecule has 1 aliphatic rings. The molecule has 4 heteroatoms. The topological polar surface area (TPSA) is 25.8 Å². The standard InChI is InChI=1S/C15H15ClN2S/c1-10-13(16)17-14(12-7-8-12)18-15(10)19-9-11-5-3-2-4-6-11/h2-6,12H,7-9H2,1H3. The van der Waals surface area contributed by atoms with Crippen LogP contribution in [0.1, 0.15) is 35.7 Å². The number of benzene rings is 1. The Morgan fingerprint density at radius 2 is 1.95 bits per heavy atom. The van der Waals surface area contributed by atoms with Crippen molar-refractivity contribution in [3.63, 3.8) is 0 Å². The summed E-state index contributed by atoms with van der Waals surface area (Å²) >= 11 is 7.95. The van der Waals surface area contributed by atoms with E-state index in [1.165, 1.54) is 18.4 Å². The summed E-state index contributed by atoms with van der Waals surface area (Å²) < 4.78 is 0. The quantitative estimate of drug-likeness (QED) is 0.607. The summed E-state index contributed by atoms with van der Waals surface area (Å²) in [5.41, 5.74) is 2.29. The zero-order valence-corrected chi connectivity index (χ0v) is 12.3. The van der Waals surface area contributed by atoms with Crippen molar-refractivity contribution in [2.45, 2.75) is 36.5 Å². The SMILES string of the molecule is Cc1c(Cl)nc(C2CC2)nc1SCc1ccccc1. The monoisotopic (exact) mass is 290 g/mol. The molecule has 0 N–H and O–H groups in total. The average molecular weight is 291 g/mol. The second-order valence-corrected chi connectivity index (χ2v) is 6.17. The fraction of sp³-hybridized carbons (Fsp3) is 0.333. The Kier molecular flexibility index (Phi) is 3.76. The Bertz CT molecular complexity index is 582. The molecule has 0 bridgehead atoms. The van der Waals surface area contributed by atoms with E-state index in [2.05, 4.69) is 34.2 Å². The molecule has 1 heterocycles. The third-order valence-corrected chi connectivity index (χ3v) is 4.74. The largest absolute Gasteiger partial charge is 0.226 e. The molecule has 2 aromatic rings. The Hall–Kier alpha value is -1.06. The molecule has 0 spiro atoms. The number of nitrogens with zero attached hydrogens (tertiary/aromatic N) is 2. The van der Waals surface area contributed by atoms with Gasteiger partial charge in [0.05, 0.1) is 0 Å². The summed E-state index contributed by atoms with van der Waals surface area (Å²) in [7, 11) is 0. The highest BCUT2D eigenvalue weighted by molar-refractivity contribution is 7.98. The molecule has 19 heavy (non-hydrogen) atoms. The highest BCUT2D eigenvalue weighted by Crippen LogP contribution is 2.40. The van der Waals surface area contributed by atoms with E-state index in [9.17, 15) is 0 Å². The first-order chi connectivity index (χ1) is 9.24. The minimum Gasteiger partial charge on any atom is -0.226 e. The van der Waals surface area contributed by atoms with Crippen molar-refractivity contribution < 1.29 is 0 Å². The fourth-order valence-electron chi connectivity index (χ4n) is 1.88. The molecule has 1 aromatic heterocycles. The number of hydrogen-bond acceptors (Lipinski definition) is 3. The Balaban J connectivity index is 1.79. The molecule has 2 nitrogen and oxygen atoms in total. The minimum absolute atomic E-state index is 0.536. The Labute approximate surface area is 122 Å². The number of halogens is 1. The van der Waals surface area contributed by atoms with E-state index in [0.29, 0.717) is 11.1 Å². The van der Waals surface area contributed by atoms with E-state index >= 15 is 0 Å². The molecular formula is C15H15ClN2S. The van der Waals surface area contributed by atoms with Gasteiger partial charge in [-0.15, -0.1) is 11.8 Å². The first kappa shape index (κ1) is 12.9. The van der Waals surface area contributed by atoms with Gasteiger partial charge in [0.1, 0.15) is 16.0 Å². The van der Waals surface area contributed by atoms with Gasteiger partial charge in [-0.2, -0.15) is 0 Å². The molecule has 0 atom stereocenters. The highest BCUT2D eigenvalue weighted by Gasteiger charge is 2.28. The Morgan fingerprint density at radius 1 is 1.21 bits per heavy atom. The lowest BCUT2D eigenvalue weighted by Crippen LogP contribution is -1.98. The summed E-state index contributed by atoms with van der Waals surface area (Å²) in [6.07, 6.45) is 2.39. The van der Waals surface area contributed by atoms with Crippen molar-refractivity contribution >= 4 is 23.4 Å². The zero-order chi connectivity index (χ0) is 13.2. The Morgan fingerprint density at radius 3 is 2.63 bits per heavy atom. The number of aromatic nitrogens is 2. The first-order valence-electron chi connectivity index (χ1n) is 6.45. The van der Waals surface area contributed by atoms with Crippen LogP contribution in [0.4, 0.5) is 0 Å². The van der Waals surface area contributed by atoms with E-state index in [1.54, 1.807) is 11.8 Å². The van der Waals surface area contributed by atoms with Gasteiger partial charge in [0.2, 0.25) is 0 Å².